The van der Waals surface area contributed by atoms with E-state index < -0.39 is 0 Å². The van der Waals surface area contributed by atoms with E-state index in [4.69, 9.17) is 0 Å². The Balaban J connectivity index is 3.04. The number of nitrogens with zero attached hydrogens (tertiary/aromatic N) is 1. The van der Waals surface area contributed by atoms with E-state index in [-0.39, 0.29) is 5.41 Å². The molecule has 0 bridgehead atoms. The lowest BCUT2D eigenvalue weighted by Crippen LogP contribution is -2.13. The van der Waals surface area contributed by atoms with Crippen molar-refractivity contribution >= 4 is 10.9 Å². The summed E-state index contributed by atoms with van der Waals surface area (Å²) in [6, 6.07) is 4.47. The van der Waals surface area contributed by atoms with Gasteiger partial charge in [-0.1, -0.05) is 32.9 Å². The largest absolute Gasteiger partial charge is 0.347 e. The highest BCUT2D eigenvalue weighted by atomic mass is 14.9. The van der Waals surface area contributed by atoms with Crippen molar-refractivity contribution in [2.75, 3.05) is 0 Å². The molecule has 0 amide bonds. The standard InChI is InChI=1S/C16H23N/c1-10-8-9-11(2)15-13(10)14(16(4,5)6)12(3)17(15)7/h8-9H,1-7H3. The van der Waals surface area contributed by atoms with E-state index in [1.54, 1.807) is 0 Å². The molecule has 2 rings (SSSR count). The number of aryl methyl sites for hydroxylation is 3. The fraction of sp³-hybridized carbons (Fsp3) is 0.500. The van der Waals surface area contributed by atoms with E-state index in [0.717, 1.165) is 0 Å². The third-order valence-corrected chi connectivity index (χ3v) is 3.79. The molecular weight excluding hydrogens is 206 g/mol. The van der Waals surface area contributed by atoms with E-state index in [0.29, 0.717) is 0 Å². The summed E-state index contributed by atoms with van der Waals surface area (Å²) < 4.78 is 2.35. The minimum Gasteiger partial charge on any atom is -0.347 e. The maximum Gasteiger partial charge on any atom is 0.0515 e. The van der Waals surface area contributed by atoms with E-state index in [1.165, 1.54) is 33.3 Å². The first kappa shape index (κ1) is 12.2. The quantitative estimate of drug-likeness (QED) is 0.631. The number of aromatic nitrogens is 1. The molecule has 1 nitrogen and oxygen atoms in total. The van der Waals surface area contributed by atoms with E-state index in [9.17, 15) is 0 Å². The molecule has 92 valence electrons. The summed E-state index contributed by atoms with van der Waals surface area (Å²) in [7, 11) is 2.18. The number of fused-ring (bicyclic) bond motifs is 1. The second kappa shape index (κ2) is 3.63. The molecule has 0 unspecified atom stereocenters. The summed E-state index contributed by atoms with van der Waals surface area (Å²) in [6.07, 6.45) is 0. The molecule has 0 aliphatic rings. The van der Waals surface area contributed by atoms with Crippen molar-refractivity contribution in [2.45, 2.75) is 47.0 Å². The Hall–Kier alpha value is -1.24. The van der Waals surface area contributed by atoms with E-state index >= 15 is 0 Å². The van der Waals surface area contributed by atoms with Crippen molar-refractivity contribution in [2.24, 2.45) is 7.05 Å². The van der Waals surface area contributed by atoms with Gasteiger partial charge in [-0.2, -0.15) is 0 Å². The molecule has 1 aromatic carbocycles. The summed E-state index contributed by atoms with van der Waals surface area (Å²) in [5, 5.41) is 1.46. The van der Waals surface area contributed by atoms with Crippen LogP contribution in [-0.4, -0.2) is 4.57 Å². The van der Waals surface area contributed by atoms with Gasteiger partial charge >= 0.3 is 0 Å². The molecule has 0 spiro atoms. The first-order chi connectivity index (χ1) is 7.75. The van der Waals surface area contributed by atoms with Crippen molar-refractivity contribution in [1.29, 1.82) is 0 Å². The van der Waals surface area contributed by atoms with Gasteiger partial charge in [0.25, 0.3) is 0 Å². The van der Waals surface area contributed by atoms with Crippen LogP contribution in [0.1, 0.15) is 43.2 Å². The first-order valence-electron chi connectivity index (χ1n) is 6.31. The fourth-order valence-corrected chi connectivity index (χ4v) is 2.98. The van der Waals surface area contributed by atoms with Gasteiger partial charge in [-0.05, 0) is 42.9 Å². The van der Waals surface area contributed by atoms with Crippen LogP contribution >= 0.6 is 0 Å². The molecule has 0 aliphatic heterocycles. The minimum absolute atomic E-state index is 0.197. The van der Waals surface area contributed by atoms with Crippen LogP contribution < -0.4 is 0 Å². The molecule has 0 saturated carbocycles. The predicted octanol–water partition coefficient (Wildman–Crippen LogP) is 4.40. The SMILES string of the molecule is Cc1ccc(C)c2c1c(C(C)(C)C)c(C)n2C. The molecule has 1 aromatic heterocycles. The van der Waals surface area contributed by atoms with Gasteiger partial charge in [-0.3, -0.25) is 0 Å². The van der Waals surface area contributed by atoms with Gasteiger partial charge in [0.1, 0.15) is 0 Å². The Morgan fingerprint density at radius 3 is 2.00 bits per heavy atom. The van der Waals surface area contributed by atoms with Crippen LogP contribution in [0.2, 0.25) is 0 Å². The summed E-state index contributed by atoms with van der Waals surface area (Å²) in [5.41, 5.74) is 7.24. The van der Waals surface area contributed by atoms with Crippen LogP contribution in [0.15, 0.2) is 12.1 Å². The van der Waals surface area contributed by atoms with Crippen molar-refractivity contribution in [3.05, 3.63) is 34.5 Å². The van der Waals surface area contributed by atoms with Gasteiger partial charge < -0.3 is 4.57 Å². The zero-order valence-corrected chi connectivity index (χ0v) is 12.1. The molecule has 1 heterocycles. The second-order valence-electron chi connectivity index (χ2n) is 6.19. The molecule has 0 N–H and O–H groups in total. The number of hydrogen-bond acceptors (Lipinski definition) is 0. The number of hydrogen-bond donors (Lipinski definition) is 0. The van der Waals surface area contributed by atoms with Crippen molar-refractivity contribution in [3.63, 3.8) is 0 Å². The molecule has 0 radical (unpaired) electrons. The minimum atomic E-state index is 0.197. The fourth-order valence-electron chi connectivity index (χ4n) is 2.98. The maximum atomic E-state index is 2.35. The summed E-state index contributed by atoms with van der Waals surface area (Å²) in [4.78, 5) is 0. The van der Waals surface area contributed by atoms with E-state index in [1.807, 2.05) is 0 Å². The average Bonchev–Trinajstić information content (AvgIpc) is 2.47. The zero-order valence-electron chi connectivity index (χ0n) is 12.1. The van der Waals surface area contributed by atoms with Crippen molar-refractivity contribution in [3.8, 4) is 0 Å². The Morgan fingerprint density at radius 2 is 1.47 bits per heavy atom. The lowest BCUT2D eigenvalue weighted by Gasteiger charge is -2.20. The maximum absolute atomic E-state index is 2.35. The van der Waals surface area contributed by atoms with Crippen LogP contribution in [0.5, 0.6) is 0 Å². The van der Waals surface area contributed by atoms with Gasteiger partial charge in [0.05, 0.1) is 5.52 Å². The van der Waals surface area contributed by atoms with Gasteiger partial charge in [-0.25, -0.2) is 0 Å². The Morgan fingerprint density at radius 1 is 0.941 bits per heavy atom. The van der Waals surface area contributed by atoms with E-state index in [2.05, 4.69) is 65.3 Å². The topological polar surface area (TPSA) is 4.93 Å². The van der Waals surface area contributed by atoms with Crippen LogP contribution in [0.3, 0.4) is 0 Å². The van der Waals surface area contributed by atoms with Crippen LogP contribution in [0.4, 0.5) is 0 Å². The van der Waals surface area contributed by atoms with Gasteiger partial charge in [0, 0.05) is 18.1 Å². The first-order valence-corrected chi connectivity index (χ1v) is 6.31. The molecular formula is C16H23N. The van der Waals surface area contributed by atoms with Crippen LogP contribution in [0.25, 0.3) is 10.9 Å². The molecule has 0 atom stereocenters. The molecule has 17 heavy (non-hydrogen) atoms. The average molecular weight is 229 g/mol. The summed E-state index contributed by atoms with van der Waals surface area (Å²) in [6.45, 7) is 13.6. The third-order valence-electron chi connectivity index (χ3n) is 3.79. The second-order valence-corrected chi connectivity index (χ2v) is 6.19. The summed E-state index contributed by atoms with van der Waals surface area (Å²) in [5.74, 6) is 0. The third kappa shape index (κ3) is 1.69. The van der Waals surface area contributed by atoms with Gasteiger partial charge in [0.15, 0.2) is 0 Å². The highest BCUT2D eigenvalue weighted by Gasteiger charge is 2.24. The predicted molar refractivity (Wildman–Crippen MR) is 75.8 cm³/mol. The summed E-state index contributed by atoms with van der Waals surface area (Å²) >= 11 is 0. The zero-order chi connectivity index (χ0) is 13.0. The monoisotopic (exact) mass is 229 g/mol. The molecule has 2 aromatic rings. The smallest absolute Gasteiger partial charge is 0.0515 e. The Labute approximate surface area is 104 Å². The highest BCUT2D eigenvalue weighted by molar-refractivity contribution is 5.91. The Kier molecular flexibility index (Phi) is 2.61. The normalized spacial score (nSPS) is 12.4. The van der Waals surface area contributed by atoms with Crippen LogP contribution in [0, 0.1) is 20.8 Å². The van der Waals surface area contributed by atoms with Gasteiger partial charge in [-0.15, -0.1) is 0 Å². The lowest BCUT2D eigenvalue weighted by atomic mass is 9.83. The molecule has 0 saturated heterocycles. The lowest BCUT2D eigenvalue weighted by molar-refractivity contribution is 0.587. The highest BCUT2D eigenvalue weighted by Crippen LogP contribution is 2.37. The number of benzene rings is 1. The Bertz CT molecular complexity index is 580. The van der Waals surface area contributed by atoms with Crippen molar-refractivity contribution < 1.29 is 0 Å². The van der Waals surface area contributed by atoms with Crippen LogP contribution in [-0.2, 0) is 12.5 Å². The number of rotatable bonds is 0. The van der Waals surface area contributed by atoms with Gasteiger partial charge in [0.2, 0.25) is 0 Å². The molecule has 0 aliphatic carbocycles. The molecule has 1 heteroatoms. The van der Waals surface area contributed by atoms with Crippen molar-refractivity contribution in [1.82, 2.24) is 4.57 Å². The molecule has 0 fully saturated rings.